The molecule has 1 amide bonds. The summed E-state index contributed by atoms with van der Waals surface area (Å²) in [5.74, 6) is -6.79. The van der Waals surface area contributed by atoms with Gasteiger partial charge < -0.3 is 31.1 Å². The number of primary amides is 1. The molecule has 0 saturated carbocycles. The van der Waals surface area contributed by atoms with Gasteiger partial charge in [0.05, 0.1) is 23.6 Å². The average molecular weight is 485 g/mol. The van der Waals surface area contributed by atoms with Crippen molar-refractivity contribution in [1.29, 1.82) is 0 Å². The van der Waals surface area contributed by atoms with E-state index in [0.717, 1.165) is 0 Å². The van der Waals surface area contributed by atoms with Crippen LogP contribution in [0.15, 0.2) is 39.8 Å². The fourth-order valence-electron chi connectivity index (χ4n) is 5.53. The van der Waals surface area contributed by atoms with E-state index < -0.39 is 58.0 Å². The van der Waals surface area contributed by atoms with Gasteiger partial charge >= 0.3 is 0 Å². The van der Waals surface area contributed by atoms with Crippen molar-refractivity contribution in [2.75, 3.05) is 28.2 Å². The Labute approximate surface area is 201 Å². The molecule has 4 atom stereocenters. The summed E-state index contributed by atoms with van der Waals surface area (Å²) in [6.45, 7) is 0. The second-order valence-electron chi connectivity index (χ2n) is 9.63. The average Bonchev–Trinajstić information content (AvgIpc) is 2.75. The molecule has 11 nitrogen and oxygen atoms in total. The Balaban J connectivity index is 1.94. The number of aromatic hydroxyl groups is 1. The number of carbonyl (C=O) groups is 3. The van der Waals surface area contributed by atoms with Crippen molar-refractivity contribution in [3.8, 4) is 5.75 Å². The fraction of sp³-hybridized carbons (Fsp3) is 0.417. The van der Waals surface area contributed by atoms with E-state index in [-0.39, 0.29) is 29.7 Å². The first kappa shape index (κ1) is 24.4. The number of benzene rings is 1. The summed E-state index contributed by atoms with van der Waals surface area (Å²) in [5, 5.41) is 44.1. The third-order valence-corrected chi connectivity index (χ3v) is 7.01. The van der Waals surface area contributed by atoms with Crippen LogP contribution in [0.4, 0.5) is 5.69 Å². The zero-order chi connectivity index (χ0) is 26.0. The van der Waals surface area contributed by atoms with Gasteiger partial charge in [-0.25, -0.2) is 4.99 Å². The Morgan fingerprint density at radius 1 is 1.17 bits per heavy atom. The van der Waals surface area contributed by atoms with Crippen LogP contribution >= 0.6 is 0 Å². The number of carbonyl (C=O) groups excluding carboxylic acids is 3. The van der Waals surface area contributed by atoms with Crippen LogP contribution in [-0.4, -0.2) is 93.9 Å². The van der Waals surface area contributed by atoms with E-state index in [9.17, 15) is 34.8 Å². The molecular formula is C24H28N4O7. The molecule has 11 heteroatoms. The molecular weight excluding hydrogens is 456 g/mol. The first-order chi connectivity index (χ1) is 16.3. The van der Waals surface area contributed by atoms with Crippen molar-refractivity contribution in [3.05, 3.63) is 45.9 Å². The molecule has 186 valence electrons. The zero-order valence-electron chi connectivity index (χ0n) is 19.8. The maximum absolute atomic E-state index is 13.6. The summed E-state index contributed by atoms with van der Waals surface area (Å²) in [5.41, 5.74) is 2.50. The maximum Gasteiger partial charge on any atom is 0.255 e. The SMILES string of the molecule is CN(C)/C=N/c1ccc(O)c2c1CC1CC3C(N(C)C)C(O)=C(C(N)=O)C(=O)C3(O)C(O)=C1C2=O. The molecule has 0 radical (unpaired) electrons. The molecule has 6 N–H and O–H groups in total. The monoisotopic (exact) mass is 484 g/mol. The van der Waals surface area contributed by atoms with Crippen LogP contribution in [0.3, 0.4) is 0 Å². The minimum absolute atomic E-state index is 0.0260. The number of aliphatic hydroxyl groups is 3. The summed E-state index contributed by atoms with van der Waals surface area (Å²) in [6.07, 6.45) is 1.76. The highest BCUT2D eigenvalue weighted by Crippen LogP contribution is 2.53. The highest BCUT2D eigenvalue weighted by atomic mass is 16.3. The van der Waals surface area contributed by atoms with Crippen LogP contribution < -0.4 is 5.73 Å². The number of nitrogens with two attached hydrogens (primary N) is 1. The maximum atomic E-state index is 13.6. The fourth-order valence-corrected chi connectivity index (χ4v) is 5.53. The van der Waals surface area contributed by atoms with Crippen LogP contribution in [0.25, 0.3) is 0 Å². The third-order valence-electron chi connectivity index (χ3n) is 7.01. The van der Waals surface area contributed by atoms with E-state index in [0.29, 0.717) is 11.3 Å². The lowest BCUT2D eigenvalue weighted by Gasteiger charge is -2.50. The Hall–Kier alpha value is -3.70. The van der Waals surface area contributed by atoms with E-state index in [1.54, 1.807) is 45.5 Å². The number of fused-ring (bicyclic) bond motifs is 3. The predicted octanol–water partition coefficient (Wildman–Crippen LogP) is 0.342. The van der Waals surface area contributed by atoms with Crippen molar-refractivity contribution in [1.82, 2.24) is 9.80 Å². The molecule has 0 fully saturated rings. The van der Waals surface area contributed by atoms with Gasteiger partial charge in [0, 0.05) is 25.6 Å². The summed E-state index contributed by atoms with van der Waals surface area (Å²) in [7, 11) is 6.73. The topological polar surface area (TPSA) is 177 Å². The molecule has 1 aromatic rings. The lowest BCUT2D eigenvalue weighted by atomic mass is 9.58. The zero-order valence-corrected chi connectivity index (χ0v) is 19.8. The summed E-state index contributed by atoms with van der Waals surface area (Å²) >= 11 is 0. The number of rotatable bonds is 4. The smallest absolute Gasteiger partial charge is 0.255 e. The molecule has 3 aliphatic carbocycles. The number of Topliss-reactive ketones (excluding diaryl/α,β-unsaturated/α-hetero) is 2. The van der Waals surface area contributed by atoms with E-state index in [1.165, 1.54) is 11.0 Å². The van der Waals surface area contributed by atoms with Crippen LogP contribution in [0.5, 0.6) is 5.75 Å². The number of phenolic OH excluding ortho intramolecular Hbond substituents is 1. The first-order valence-electron chi connectivity index (χ1n) is 11.0. The molecule has 0 bridgehead atoms. The Morgan fingerprint density at radius 3 is 2.40 bits per heavy atom. The van der Waals surface area contributed by atoms with Crippen molar-refractivity contribution in [2.24, 2.45) is 22.6 Å². The highest BCUT2D eigenvalue weighted by molar-refractivity contribution is 6.24. The minimum atomic E-state index is -2.65. The van der Waals surface area contributed by atoms with Gasteiger partial charge in [-0.05, 0) is 50.6 Å². The van der Waals surface area contributed by atoms with Gasteiger partial charge in [0.1, 0.15) is 22.8 Å². The number of phenols is 1. The molecule has 3 aliphatic rings. The number of hydrogen-bond acceptors (Lipinski definition) is 9. The quantitative estimate of drug-likeness (QED) is 0.229. The third kappa shape index (κ3) is 3.41. The Kier molecular flexibility index (Phi) is 5.73. The van der Waals surface area contributed by atoms with Gasteiger partial charge in [0.25, 0.3) is 5.91 Å². The standard InChI is InChI=1S/C24H28N4O7/c1-27(2)9-26-13-5-6-14(29)16-11(13)7-10-8-12-18(28(3)4)20(31)17(23(25)34)22(33)24(12,35)21(32)15(10)19(16)30/h5-6,9-10,12,18,29,31-32,35H,7-8H2,1-4H3,(H2,25,34)/b26-9+. The van der Waals surface area contributed by atoms with Gasteiger partial charge in [-0.15, -0.1) is 0 Å². The second-order valence-corrected chi connectivity index (χ2v) is 9.63. The van der Waals surface area contributed by atoms with Gasteiger partial charge in [-0.2, -0.15) is 0 Å². The van der Waals surface area contributed by atoms with Gasteiger partial charge in [-0.3, -0.25) is 19.3 Å². The van der Waals surface area contributed by atoms with Crippen LogP contribution in [0.1, 0.15) is 22.3 Å². The summed E-state index contributed by atoms with van der Waals surface area (Å²) < 4.78 is 0. The normalized spacial score (nSPS) is 28.3. The minimum Gasteiger partial charge on any atom is -0.510 e. The van der Waals surface area contributed by atoms with Crippen molar-refractivity contribution in [3.63, 3.8) is 0 Å². The first-order valence-corrected chi connectivity index (χ1v) is 11.0. The van der Waals surface area contributed by atoms with E-state index in [2.05, 4.69) is 4.99 Å². The Morgan fingerprint density at radius 2 is 1.83 bits per heavy atom. The molecule has 0 aromatic heterocycles. The number of hydrogen-bond donors (Lipinski definition) is 5. The van der Waals surface area contributed by atoms with E-state index in [1.807, 2.05) is 0 Å². The van der Waals surface area contributed by atoms with Crippen LogP contribution in [0.2, 0.25) is 0 Å². The van der Waals surface area contributed by atoms with Crippen molar-refractivity contribution in [2.45, 2.75) is 24.5 Å². The molecule has 1 aromatic carbocycles. The largest absolute Gasteiger partial charge is 0.510 e. The molecule has 0 aliphatic heterocycles. The van der Waals surface area contributed by atoms with Crippen molar-refractivity contribution >= 4 is 29.5 Å². The number of aliphatic hydroxyl groups excluding tert-OH is 2. The van der Waals surface area contributed by atoms with Crippen LogP contribution in [-0.2, 0) is 16.0 Å². The predicted molar refractivity (Wildman–Crippen MR) is 126 cm³/mol. The molecule has 0 heterocycles. The molecule has 4 rings (SSSR count). The number of ketones is 2. The van der Waals surface area contributed by atoms with Gasteiger partial charge in [0.2, 0.25) is 5.78 Å². The van der Waals surface area contributed by atoms with Gasteiger partial charge in [-0.1, -0.05) is 0 Å². The summed E-state index contributed by atoms with van der Waals surface area (Å²) in [6, 6.07) is 1.86. The van der Waals surface area contributed by atoms with E-state index >= 15 is 0 Å². The molecule has 0 saturated heterocycles. The highest BCUT2D eigenvalue weighted by Gasteiger charge is 2.63. The van der Waals surface area contributed by atoms with Gasteiger partial charge in [0.15, 0.2) is 11.4 Å². The molecule has 35 heavy (non-hydrogen) atoms. The molecule has 4 unspecified atom stereocenters. The number of amides is 1. The number of allylic oxidation sites excluding steroid dienone is 1. The second kappa shape index (κ2) is 8.21. The van der Waals surface area contributed by atoms with E-state index in [4.69, 9.17) is 5.73 Å². The van der Waals surface area contributed by atoms with Crippen LogP contribution in [0, 0.1) is 11.8 Å². The van der Waals surface area contributed by atoms with Crippen molar-refractivity contribution < 1.29 is 34.8 Å². The number of nitrogens with zero attached hydrogens (tertiary/aromatic N) is 3. The lowest BCUT2D eigenvalue weighted by Crippen LogP contribution is -2.63. The number of likely N-dealkylation sites (N-methyl/N-ethyl adjacent to an activating group) is 1. The lowest BCUT2D eigenvalue weighted by molar-refractivity contribution is -0.148. The molecule has 0 spiro atoms. The summed E-state index contributed by atoms with van der Waals surface area (Å²) in [4.78, 5) is 46.4. The Bertz CT molecular complexity index is 1250. The number of aliphatic imine (C=N–C) groups is 1.